The van der Waals surface area contributed by atoms with Gasteiger partial charge in [-0.1, -0.05) is 12.5 Å². The summed E-state index contributed by atoms with van der Waals surface area (Å²) >= 11 is 1.49. The van der Waals surface area contributed by atoms with Crippen LogP contribution in [0.2, 0.25) is 0 Å². The molecule has 1 aromatic heterocycles. The summed E-state index contributed by atoms with van der Waals surface area (Å²) in [6, 6.07) is 5.49. The third-order valence-corrected chi connectivity index (χ3v) is 7.24. The van der Waals surface area contributed by atoms with Gasteiger partial charge in [-0.3, -0.25) is 4.72 Å². The maximum absolute atomic E-state index is 12.6. The molecule has 0 atom stereocenters. The zero-order valence-electron chi connectivity index (χ0n) is 13.0. The van der Waals surface area contributed by atoms with E-state index in [-0.39, 0.29) is 0 Å². The summed E-state index contributed by atoms with van der Waals surface area (Å²) in [5.41, 5.74) is 3.53. The van der Waals surface area contributed by atoms with Crippen LogP contribution in [-0.2, 0) is 35.7 Å². The maximum Gasteiger partial charge on any atom is 0.263 e. The molecule has 4 rings (SSSR count). The minimum atomic E-state index is -3.55. The van der Waals surface area contributed by atoms with Gasteiger partial charge in [-0.05, 0) is 68.2 Å². The largest absolute Gasteiger partial charge is 0.263 e. The minimum Gasteiger partial charge on any atom is -0.255 e. The van der Waals surface area contributed by atoms with Crippen molar-refractivity contribution in [3.63, 3.8) is 0 Å². The van der Waals surface area contributed by atoms with Crippen molar-refractivity contribution in [3.05, 3.63) is 39.9 Å². The standard InChI is InChI=1S/C17H20N2O2S2/c20-23(21,14-10-9-12-5-4-6-13(12)11-14)19-17-18-15-7-2-1-3-8-16(15)22-17/h9-11H,1-8H2,(H,18,19). The average Bonchev–Trinajstić information content (AvgIpc) is 3.07. The monoisotopic (exact) mass is 348 g/mol. The van der Waals surface area contributed by atoms with Crippen molar-refractivity contribution in [3.8, 4) is 0 Å². The molecular weight excluding hydrogens is 328 g/mol. The summed E-state index contributed by atoms with van der Waals surface area (Å²) in [4.78, 5) is 6.12. The van der Waals surface area contributed by atoms with Crippen molar-refractivity contribution in [2.45, 2.75) is 56.3 Å². The Balaban J connectivity index is 1.60. The van der Waals surface area contributed by atoms with E-state index >= 15 is 0 Å². The number of fused-ring (bicyclic) bond motifs is 2. The number of nitrogens with zero attached hydrogens (tertiary/aromatic N) is 1. The lowest BCUT2D eigenvalue weighted by Crippen LogP contribution is -2.13. The van der Waals surface area contributed by atoms with E-state index in [1.165, 1.54) is 40.2 Å². The van der Waals surface area contributed by atoms with Crippen molar-refractivity contribution in [2.75, 3.05) is 4.72 Å². The summed E-state index contributed by atoms with van der Waals surface area (Å²) in [5.74, 6) is 0. The highest BCUT2D eigenvalue weighted by atomic mass is 32.2. The summed E-state index contributed by atoms with van der Waals surface area (Å²) < 4.78 is 28.0. The van der Waals surface area contributed by atoms with Crippen molar-refractivity contribution in [2.24, 2.45) is 0 Å². The van der Waals surface area contributed by atoms with Crippen molar-refractivity contribution in [1.82, 2.24) is 4.98 Å². The lowest BCUT2D eigenvalue weighted by molar-refractivity contribution is 0.601. The Morgan fingerprint density at radius 3 is 2.70 bits per heavy atom. The Bertz CT molecular complexity index is 817. The predicted octanol–water partition coefficient (Wildman–Crippen LogP) is 3.70. The van der Waals surface area contributed by atoms with Gasteiger partial charge >= 0.3 is 0 Å². The van der Waals surface area contributed by atoms with Gasteiger partial charge in [-0.15, -0.1) is 11.3 Å². The number of benzene rings is 1. The van der Waals surface area contributed by atoms with Gasteiger partial charge in [-0.2, -0.15) is 0 Å². The number of hydrogen-bond acceptors (Lipinski definition) is 4. The quantitative estimate of drug-likeness (QED) is 0.861. The molecule has 0 fully saturated rings. The topological polar surface area (TPSA) is 59.1 Å². The normalized spacial score (nSPS) is 17.4. The number of thiazole rings is 1. The zero-order valence-corrected chi connectivity index (χ0v) is 14.6. The van der Waals surface area contributed by atoms with E-state index in [0.717, 1.165) is 44.2 Å². The van der Waals surface area contributed by atoms with Crippen LogP contribution in [-0.4, -0.2) is 13.4 Å². The van der Waals surface area contributed by atoms with Crippen LogP contribution in [0.25, 0.3) is 0 Å². The lowest BCUT2D eigenvalue weighted by Gasteiger charge is -2.07. The van der Waals surface area contributed by atoms with Gasteiger partial charge in [0.1, 0.15) is 0 Å². The molecule has 6 heteroatoms. The molecule has 0 unspecified atom stereocenters. The van der Waals surface area contributed by atoms with E-state index in [1.807, 2.05) is 12.1 Å². The van der Waals surface area contributed by atoms with Gasteiger partial charge in [0.25, 0.3) is 10.0 Å². The Labute approximate surface area is 141 Å². The number of nitrogens with one attached hydrogen (secondary N) is 1. The van der Waals surface area contributed by atoms with Gasteiger partial charge in [0.15, 0.2) is 5.13 Å². The molecule has 0 radical (unpaired) electrons. The van der Waals surface area contributed by atoms with Gasteiger partial charge < -0.3 is 0 Å². The van der Waals surface area contributed by atoms with Crippen molar-refractivity contribution >= 4 is 26.5 Å². The van der Waals surface area contributed by atoms with E-state index < -0.39 is 10.0 Å². The predicted molar refractivity (Wildman–Crippen MR) is 92.6 cm³/mol. The summed E-state index contributed by atoms with van der Waals surface area (Å²) in [7, 11) is -3.55. The first-order valence-electron chi connectivity index (χ1n) is 8.25. The van der Waals surface area contributed by atoms with Crippen LogP contribution >= 0.6 is 11.3 Å². The SMILES string of the molecule is O=S(=O)(Nc1nc2c(s1)CCCCC2)c1ccc2c(c1)CCC2. The molecule has 2 aromatic rings. The first kappa shape index (κ1) is 15.1. The molecule has 1 aromatic carbocycles. The van der Waals surface area contributed by atoms with Crippen LogP contribution in [0.1, 0.15) is 47.4 Å². The van der Waals surface area contributed by atoms with Crippen LogP contribution in [0, 0.1) is 0 Å². The van der Waals surface area contributed by atoms with Gasteiger partial charge in [-0.25, -0.2) is 13.4 Å². The summed E-state index contributed by atoms with van der Waals surface area (Å²) in [5, 5.41) is 0.511. The Kier molecular flexibility index (Phi) is 3.89. The van der Waals surface area contributed by atoms with E-state index in [0.29, 0.717) is 10.0 Å². The molecule has 23 heavy (non-hydrogen) atoms. The van der Waals surface area contributed by atoms with Gasteiger partial charge in [0, 0.05) is 4.88 Å². The molecular formula is C17H20N2O2S2. The lowest BCUT2D eigenvalue weighted by atomic mass is 10.1. The second kappa shape index (κ2) is 5.91. The van der Waals surface area contributed by atoms with Gasteiger partial charge in [0.05, 0.1) is 10.6 Å². The Morgan fingerprint density at radius 1 is 0.957 bits per heavy atom. The third-order valence-electron chi connectivity index (χ3n) is 4.70. The zero-order chi connectivity index (χ0) is 15.9. The number of rotatable bonds is 3. The number of anilines is 1. The van der Waals surface area contributed by atoms with Crippen LogP contribution in [0.5, 0.6) is 0 Å². The smallest absolute Gasteiger partial charge is 0.255 e. The molecule has 4 nitrogen and oxygen atoms in total. The second-order valence-electron chi connectivity index (χ2n) is 6.34. The minimum absolute atomic E-state index is 0.351. The number of aromatic nitrogens is 1. The third kappa shape index (κ3) is 3.02. The number of hydrogen-bond donors (Lipinski definition) is 1. The van der Waals surface area contributed by atoms with Crippen LogP contribution in [0.3, 0.4) is 0 Å². The molecule has 2 aliphatic rings. The van der Waals surface area contributed by atoms with Crippen molar-refractivity contribution in [1.29, 1.82) is 0 Å². The fourth-order valence-electron chi connectivity index (χ4n) is 3.46. The highest BCUT2D eigenvalue weighted by Gasteiger charge is 2.21. The van der Waals surface area contributed by atoms with E-state index in [9.17, 15) is 8.42 Å². The highest BCUT2D eigenvalue weighted by Crippen LogP contribution is 2.31. The molecule has 0 aliphatic heterocycles. The molecule has 0 saturated heterocycles. The second-order valence-corrected chi connectivity index (χ2v) is 9.11. The maximum atomic E-state index is 12.6. The summed E-state index contributed by atoms with van der Waals surface area (Å²) in [6.45, 7) is 0. The van der Waals surface area contributed by atoms with Crippen LogP contribution in [0.4, 0.5) is 5.13 Å². The first-order valence-corrected chi connectivity index (χ1v) is 10.5. The Hall–Kier alpha value is -1.40. The van der Waals surface area contributed by atoms with E-state index in [4.69, 9.17) is 0 Å². The molecule has 0 saturated carbocycles. The van der Waals surface area contributed by atoms with E-state index in [2.05, 4.69) is 9.71 Å². The average molecular weight is 348 g/mol. The first-order chi connectivity index (χ1) is 11.1. The molecule has 0 bridgehead atoms. The molecule has 122 valence electrons. The fourth-order valence-corrected chi connectivity index (χ4v) is 5.80. The molecule has 0 amide bonds. The van der Waals surface area contributed by atoms with Crippen LogP contribution in [0.15, 0.2) is 23.1 Å². The molecule has 1 N–H and O–H groups in total. The number of sulfonamides is 1. The highest BCUT2D eigenvalue weighted by molar-refractivity contribution is 7.93. The molecule has 0 spiro atoms. The summed E-state index contributed by atoms with van der Waals surface area (Å²) in [6.07, 6.45) is 8.69. The molecule has 1 heterocycles. The Morgan fingerprint density at radius 2 is 1.78 bits per heavy atom. The molecule has 2 aliphatic carbocycles. The van der Waals surface area contributed by atoms with Gasteiger partial charge in [0.2, 0.25) is 0 Å². The van der Waals surface area contributed by atoms with Crippen LogP contribution < -0.4 is 4.72 Å². The van der Waals surface area contributed by atoms with Crippen molar-refractivity contribution < 1.29 is 8.42 Å². The fraction of sp³-hybridized carbons (Fsp3) is 0.471. The van der Waals surface area contributed by atoms with E-state index in [1.54, 1.807) is 6.07 Å². The number of aryl methyl sites for hydroxylation is 4.